The van der Waals surface area contributed by atoms with E-state index in [1.54, 1.807) is 25.1 Å². The fraction of sp³-hybridized carbons (Fsp3) is 0.333. The molecule has 126 valence electrons. The molecule has 1 heterocycles. The minimum atomic E-state index is -0.926. The maximum Gasteiger partial charge on any atom is 0.272 e. The van der Waals surface area contributed by atoms with Gasteiger partial charge >= 0.3 is 0 Å². The summed E-state index contributed by atoms with van der Waals surface area (Å²) < 4.78 is 0. The number of hydrogen-bond donors (Lipinski definition) is 1. The molecule has 0 atom stereocenters. The number of aliphatic hydroxyl groups is 1. The standard InChI is InChI=1S/C18H19ClN2O3/c1-13-12-14(6-7-17(13)21(23)24)20-10-8-18(22,9-11-20)15-4-2-3-5-16(15)19/h2-7,12,22H,8-11H2,1H3. The van der Waals surface area contributed by atoms with Crippen molar-refractivity contribution < 1.29 is 10.0 Å². The number of piperidine rings is 1. The summed E-state index contributed by atoms with van der Waals surface area (Å²) in [6.45, 7) is 3.07. The van der Waals surface area contributed by atoms with Gasteiger partial charge in [-0.05, 0) is 38.0 Å². The van der Waals surface area contributed by atoms with Crippen molar-refractivity contribution in [3.05, 3.63) is 68.7 Å². The summed E-state index contributed by atoms with van der Waals surface area (Å²) in [4.78, 5) is 12.7. The fourth-order valence-corrected chi connectivity index (χ4v) is 3.60. The third-order valence-corrected chi connectivity index (χ3v) is 5.04. The number of rotatable bonds is 3. The first kappa shape index (κ1) is 16.7. The summed E-state index contributed by atoms with van der Waals surface area (Å²) in [6, 6.07) is 12.5. The third-order valence-electron chi connectivity index (χ3n) is 4.71. The highest BCUT2D eigenvalue weighted by atomic mass is 35.5. The Kier molecular flexibility index (Phi) is 4.47. The maximum absolute atomic E-state index is 11.0. The molecule has 1 aliphatic heterocycles. The molecule has 0 saturated carbocycles. The molecule has 0 radical (unpaired) electrons. The van der Waals surface area contributed by atoms with Gasteiger partial charge in [0.05, 0.1) is 10.5 Å². The third kappa shape index (κ3) is 3.09. The van der Waals surface area contributed by atoms with Gasteiger partial charge in [-0.1, -0.05) is 29.8 Å². The lowest BCUT2D eigenvalue weighted by molar-refractivity contribution is -0.385. The maximum atomic E-state index is 11.0. The Morgan fingerprint density at radius 3 is 2.46 bits per heavy atom. The van der Waals surface area contributed by atoms with Gasteiger partial charge in [-0.2, -0.15) is 0 Å². The van der Waals surface area contributed by atoms with E-state index in [2.05, 4.69) is 4.90 Å². The zero-order chi connectivity index (χ0) is 17.3. The molecule has 2 aromatic rings. The number of aryl methyl sites for hydroxylation is 1. The molecule has 5 nitrogen and oxygen atoms in total. The van der Waals surface area contributed by atoms with Crippen LogP contribution in [0.4, 0.5) is 11.4 Å². The van der Waals surface area contributed by atoms with E-state index in [4.69, 9.17) is 11.6 Å². The van der Waals surface area contributed by atoms with Gasteiger partial charge in [-0.15, -0.1) is 0 Å². The molecule has 0 spiro atoms. The molecular weight excluding hydrogens is 328 g/mol. The van der Waals surface area contributed by atoms with E-state index in [-0.39, 0.29) is 10.6 Å². The first-order chi connectivity index (χ1) is 11.4. The van der Waals surface area contributed by atoms with Crippen LogP contribution in [0.5, 0.6) is 0 Å². The topological polar surface area (TPSA) is 66.6 Å². The average Bonchev–Trinajstić information content (AvgIpc) is 2.55. The number of nitrogens with zero attached hydrogens (tertiary/aromatic N) is 2. The molecule has 2 aromatic carbocycles. The minimum absolute atomic E-state index is 0.128. The lowest BCUT2D eigenvalue weighted by atomic mass is 9.84. The van der Waals surface area contributed by atoms with Gasteiger partial charge in [-0.25, -0.2) is 0 Å². The highest BCUT2D eigenvalue weighted by Gasteiger charge is 2.35. The van der Waals surface area contributed by atoms with Gasteiger partial charge < -0.3 is 10.0 Å². The Morgan fingerprint density at radius 2 is 1.88 bits per heavy atom. The van der Waals surface area contributed by atoms with E-state index in [0.717, 1.165) is 11.3 Å². The van der Waals surface area contributed by atoms with Crippen LogP contribution in [0.15, 0.2) is 42.5 Å². The van der Waals surface area contributed by atoms with Gasteiger partial charge in [0.15, 0.2) is 0 Å². The summed E-state index contributed by atoms with van der Waals surface area (Å²) in [5.74, 6) is 0. The zero-order valence-corrected chi connectivity index (χ0v) is 14.2. The molecule has 0 aliphatic carbocycles. The highest BCUT2D eigenvalue weighted by molar-refractivity contribution is 6.31. The largest absolute Gasteiger partial charge is 0.385 e. The zero-order valence-electron chi connectivity index (χ0n) is 13.4. The number of benzene rings is 2. The first-order valence-electron chi connectivity index (χ1n) is 7.88. The molecule has 0 unspecified atom stereocenters. The van der Waals surface area contributed by atoms with E-state index in [9.17, 15) is 15.2 Å². The van der Waals surface area contributed by atoms with E-state index in [1.807, 2.05) is 24.3 Å². The van der Waals surface area contributed by atoms with Crippen molar-refractivity contribution in [2.45, 2.75) is 25.4 Å². The Morgan fingerprint density at radius 1 is 1.21 bits per heavy atom. The van der Waals surface area contributed by atoms with Gasteiger partial charge in [0.25, 0.3) is 5.69 Å². The molecule has 24 heavy (non-hydrogen) atoms. The second-order valence-corrected chi connectivity index (χ2v) is 6.63. The van der Waals surface area contributed by atoms with Crippen LogP contribution in [0.3, 0.4) is 0 Å². The van der Waals surface area contributed by atoms with Gasteiger partial charge in [0, 0.05) is 41.0 Å². The van der Waals surface area contributed by atoms with Crippen LogP contribution in [-0.4, -0.2) is 23.1 Å². The van der Waals surface area contributed by atoms with E-state index in [1.165, 1.54) is 0 Å². The Balaban J connectivity index is 1.77. The van der Waals surface area contributed by atoms with Crippen LogP contribution >= 0.6 is 11.6 Å². The molecular formula is C18H19ClN2O3. The fourth-order valence-electron chi connectivity index (χ4n) is 3.28. The van der Waals surface area contributed by atoms with Crippen LogP contribution < -0.4 is 4.90 Å². The van der Waals surface area contributed by atoms with Crippen molar-refractivity contribution in [3.63, 3.8) is 0 Å². The normalized spacial score (nSPS) is 16.9. The van der Waals surface area contributed by atoms with Crippen LogP contribution in [0.2, 0.25) is 5.02 Å². The molecule has 0 aromatic heterocycles. The number of nitro benzene ring substituents is 1. The van der Waals surface area contributed by atoms with Crippen molar-refractivity contribution in [1.29, 1.82) is 0 Å². The molecule has 1 saturated heterocycles. The molecule has 1 fully saturated rings. The van der Waals surface area contributed by atoms with Gasteiger partial charge in [-0.3, -0.25) is 10.1 Å². The highest BCUT2D eigenvalue weighted by Crippen LogP contribution is 2.38. The molecule has 1 aliphatic rings. The second kappa shape index (κ2) is 6.42. The van der Waals surface area contributed by atoms with Crippen molar-refractivity contribution in [3.8, 4) is 0 Å². The van der Waals surface area contributed by atoms with Crippen LogP contribution in [0.25, 0.3) is 0 Å². The number of nitro groups is 1. The quantitative estimate of drug-likeness (QED) is 0.672. The van der Waals surface area contributed by atoms with E-state index >= 15 is 0 Å². The van der Waals surface area contributed by atoms with Gasteiger partial charge in [0.1, 0.15) is 0 Å². The van der Waals surface area contributed by atoms with Crippen molar-refractivity contribution in [2.75, 3.05) is 18.0 Å². The lowest BCUT2D eigenvalue weighted by Gasteiger charge is -2.40. The monoisotopic (exact) mass is 346 g/mol. The molecule has 6 heteroatoms. The van der Waals surface area contributed by atoms with Crippen molar-refractivity contribution in [1.82, 2.24) is 0 Å². The van der Waals surface area contributed by atoms with Crippen molar-refractivity contribution in [2.24, 2.45) is 0 Å². The van der Waals surface area contributed by atoms with E-state index in [0.29, 0.717) is 36.5 Å². The Hall–Kier alpha value is -2.11. The summed E-state index contributed by atoms with van der Waals surface area (Å²) in [5, 5.41) is 22.5. The first-order valence-corrected chi connectivity index (χ1v) is 8.26. The Bertz CT molecular complexity index is 771. The average molecular weight is 347 g/mol. The summed E-state index contributed by atoms with van der Waals surface area (Å²) >= 11 is 6.23. The molecule has 0 bridgehead atoms. The van der Waals surface area contributed by atoms with Crippen LogP contribution in [0.1, 0.15) is 24.0 Å². The summed E-state index contributed by atoms with van der Waals surface area (Å²) in [7, 11) is 0. The molecule has 0 amide bonds. The lowest BCUT2D eigenvalue weighted by Crippen LogP contribution is -2.42. The smallest absolute Gasteiger partial charge is 0.272 e. The molecule has 3 rings (SSSR count). The van der Waals surface area contributed by atoms with E-state index < -0.39 is 5.60 Å². The number of halogens is 1. The van der Waals surface area contributed by atoms with Crippen LogP contribution in [0, 0.1) is 17.0 Å². The van der Waals surface area contributed by atoms with Crippen molar-refractivity contribution >= 4 is 23.0 Å². The second-order valence-electron chi connectivity index (χ2n) is 6.23. The minimum Gasteiger partial charge on any atom is -0.385 e. The van der Waals surface area contributed by atoms with Crippen LogP contribution in [-0.2, 0) is 5.60 Å². The van der Waals surface area contributed by atoms with Gasteiger partial charge in [0.2, 0.25) is 0 Å². The predicted octanol–water partition coefficient (Wildman–Crippen LogP) is 4.04. The predicted molar refractivity (Wildman–Crippen MR) is 94.6 cm³/mol. The SMILES string of the molecule is Cc1cc(N2CCC(O)(c3ccccc3Cl)CC2)ccc1[N+](=O)[O-]. The summed E-state index contributed by atoms with van der Waals surface area (Å²) in [6.07, 6.45) is 1.12. The molecule has 1 N–H and O–H groups in total. The summed E-state index contributed by atoms with van der Waals surface area (Å²) in [5.41, 5.74) is 1.56. The number of hydrogen-bond acceptors (Lipinski definition) is 4. The Labute approximate surface area is 145 Å². The number of anilines is 1.